The lowest BCUT2D eigenvalue weighted by molar-refractivity contribution is 0.102. The molecule has 1 aromatic heterocycles. The average molecular weight is 390 g/mol. The Kier molecular flexibility index (Phi) is 5.15. The fourth-order valence-electron chi connectivity index (χ4n) is 2.23. The molecule has 3 rings (SSSR count). The van der Waals surface area contributed by atoms with Crippen LogP contribution in [0.15, 0.2) is 58.8 Å². The van der Waals surface area contributed by atoms with Gasteiger partial charge in [-0.05, 0) is 48.5 Å². The van der Waals surface area contributed by atoms with Crippen LogP contribution in [0.1, 0.15) is 17.3 Å². The number of benzene rings is 2. The minimum Gasteiger partial charge on any atom is -0.298 e. The van der Waals surface area contributed by atoms with Crippen molar-refractivity contribution >= 4 is 32.2 Å². The maximum Gasteiger partial charge on any atom is 0.257 e. The number of thiazole rings is 1. The first-order chi connectivity index (χ1) is 12.4. The van der Waals surface area contributed by atoms with Crippen molar-refractivity contribution in [2.75, 3.05) is 11.1 Å². The van der Waals surface area contributed by atoms with E-state index < -0.39 is 9.84 Å². The van der Waals surface area contributed by atoms with Gasteiger partial charge in [0.25, 0.3) is 5.91 Å². The highest BCUT2D eigenvalue weighted by atomic mass is 32.2. The second-order valence-corrected chi connectivity index (χ2v) is 8.56. The summed E-state index contributed by atoms with van der Waals surface area (Å²) in [7, 11) is -3.30. The molecule has 3 aromatic rings. The number of halogens is 1. The summed E-state index contributed by atoms with van der Waals surface area (Å²) < 4.78 is 36.6. The highest BCUT2D eigenvalue weighted by molar-refractivity contribution is 7.91. The summed E-state index contributed by atoms with van der Waals surface area (Å²) in [6.45, 7) is 1.57. The van der Waals surface area contributed by atoms with Crippen molar-refractivity contribution in [3.05, 3.63) is 65.3 Å². The van der Waals surface area contributed by atoms with Crippen LogP contribution >= 0.6 is 11.3 Å². The van der Waals surface area contributed by atoms with Gasteiger partial charge in [-0.15, -0.1) is 11.3 Å². The van der Waals surface area contributed by atoms with Crippen LogP contribution in [-0.2, 0) is 9.84 Å². The van der Waals surface area contributed by atoms with E-state index in [1.54, 1.807) is 24.4 Å². The van der Waals surface area contributed by atoms with Gasteiger partial charge in [-0.2, -0.15) is 0 Å². The molecule has 0 aliphatic heterocycles. The third-order valence-corrected chi connectivity index (χ3v) is 6.23. The molecule has 0 radical (unpaired) electrons. The molecule has 0 bridgehead atoms. The minimum atomic E-state index is -3.30. The molecule has 0 unspecified atom stereocenters. The Morgan fingerprint density at radius 1 is 1.12 bits per heavy atom. The molecular weight excluding hydrogens is 375 g/mol. The first kappa shape index (κ1) is 18.2. The second kappa shape index (κ2) is 7.35. The summed E-state index contributed by atoms with van der Waals surface area (Å²) in [5.41, 5.74) is 1.71. The zero-order chi connectivity index (χ0) is 18.7. The maximum atomic E-state index is 13.0. The van der Waals surface area contributed by atoms with Gasteiger partial charge in [-0.1, -0.05) is 6.92 Å². The molecule has 26 heavy (non-hydrogen) atoms. The number of hydrogen-bond donors (Lipinski definition) is 1. The van der Waals surface area contributed by atoms with Crippen molar-refractivity contribution < 1.29 is 17.6 Å². The first-order valence-corrected chi connectivity index (χ1v) is 10.3. The van der Waals surface area contributed by atoms with E-state index in [9.17, 15) is 17.6 Å². The summed E-state index contributed by atoms with van der Waals surface area (Å²) in [6, 6.07) is 11.7. The molecule has 0 aliphatic rings. The number of rotatable bonds is 5. The van der Waals surface area contributed by atoms with Crippen molar-refractivity contribution in [1.29, 1.82) is 0 Å². The van der Waals surface area contributed by atoms with Crippen molar-refractivity contribution in [2.24, 2.45) is 0 Å². The Balaban J connectivity index is 1.73. The van der Waals surface area contributed by atoms with Gasteiger partial charge >= 0.3 is 0 Å². The van der Waals surface area contributed by atoms with Crippen LogP contribution in [0.5, 0.6) is 0 Å². The molecule has 0 fully saturated rings. The second-order valence-electron chi connectivity index (χ2n) is 5.43. The average Bonchev–Trinajstić information content (AvgIpc) is 3.11. The molecule has 0 saturated carbocycles. The van der Waals surface area contributed by atoms with Gasteiger partial charge in [0.1, 0.15) is 5.82 Å². The Labute approximate surface area is 154 Å². The summed E-state index contributed by atoms with van der Waals surface area (Å²) in [6.07, 6.45) is 0. The van der Waals surface area contributed by atoms with E-state index in [-0.39, 0.29) is 22.4 Å². The summed E-state index contributed by atoms with van der Waals surface area (Å²) in [4.78, 5) is 16.8. The quantitative estimate of drug-likeness (QED) is 0.715. The van der Waals surface area contributed by atoms with Gasteiger partial charge < -0.3 is 0 Å². The summed E-state index contributed by atoms with van der Waals surface area (Å²) in [5.74, 6) is -0.708. The largest absolute Gasteiger partial charge is 0.298 e. The van der Waals surface area contributed by atoms with Crippen LogP contribution in [-0.4, -0.2) is 25.1 Å². The standard InChI is InChI=1S/C18H15FN2O3S2/c1-2-26(23,24)15-9-5-13(6-10-15)17(22)21-18-20-16(11-25-18)12-3-7-14(19)8-4-12/h3-11H,2H2,1H3,(H,20,21,22). The molecule has 1 amide bonds. The third-order valence-electron chi connectivity index (χ3n) is 3.72. The number of hydrogen-bond acceptors (Lipinski definition) is 5. The summed E-state index contributed by atoms with van der Waals surface area (Å²) in [5, 5.41) is 4.84. The van der Waals surface area contributed by atoms with Gasteiger partial charge in [0.05, 0.1) is 16.3 Å². The smallest absolute Gasteiger partial charge is 0.257 e. The highest BCUT2D eigenvalue weighted by Crippen LogP contribution is 2.25. The van der Waals surface area contributed by atoms with Gasteiger partial charge in [-0.3, -0.25) is 10.1 Å². The number of amides is 1. The van der Waals surface area contributed by atoms with Crippen LogP contribution in [0.4, 0.5) is 9.52 Å². The monoisotopic (exact) mass is 390 g/mol. The predicted molar refractivity (Wildman–Crippen MR) is 99.6 cm³/mol. The van der Waals surface area contributed by atoms with Crippen LogP contribution < -0.4 is 5.32 Å². The molecule has 0 atom stereocenters. The maximum absolute atomic E-state index is 13.0. The Bertz CT molecular complexity index is 1030. The lowest BCUT2D eigenvalue weighted by Gasteiger charge is -2.04. The van der Waals surface area contributed by atoms with Gasteiger partial charge in [0.15, 0.2) is 15.0 Å². The SMILES string of the molecule is CCS(=O)(=O)c1ccc(C(=O)Nc2nc(-c3ccc(F)cc3)cs2)cc1. The summed E-state index contributed by atoms with van der Waals surface area (Å²) >= 11 is 1.25. The Morgan fingerprint density at radius 3 is 2.38 bits per heavy atom. The molecule has 0 spiro atoms. The van der Waals surface area contributed by atoms with Crippen LogP contribution in [0.2, 0.25) is 0 Å². The first-order valence-electron chi connectivity index (χ1n) is 7.74. The molecule has 8 heteroatoms. The number of nitrogens with zero attached hydrogens (tertiary/aromatic N) is 1. The Hall–Kier alpha value is -2.58. The van der Waals surface area contributed by atoms with E-state index in [0.717, 1.165) is 5.56 Å². The number of nitrogens with one attached hydrogen (secondary N) is 1. The zero-order valence-electron chi connectivity index (χ0n) is 13.8. The van der Waals surface area contributed by atoms with Crippen LogP contribution in [0, 0.1) is 5.82 Å². The van der Waals surface area contributed by atoms with Crippen molar-refractivity contribution in [3.8, 4) is 11.3 Å². The van der Waals surface area contributed by atoms with E-state index in [1.807, 2.05) is 0 Å². The van der Waals surface area contributed by atoms with Crippen molar-refractivity contribution in [1.82, 2.24) is 4.98 Å². The lowest BCUT2D eigenvalue weighted by Crippen LogP contribution is -2.12. The van der Waals surface area contributed by atoms with Crippen molar-refractivity contribution in [2.45, 2.75) is 11.8 Å². The van der Waals surface area contributed by atoms with E-state index in [4.69, 9.17) is 0 Å². The van der Waals surface area contributed by atoms with E-state index in [0.29, 0.717) is 16.4 Å². The van der Waals surface area contributed by atoms with Crippen LogP contribution in [0.25, 0.3) is 11.3 Å². The number of carbonyl (C=O) groups excluding carboxylic acids is 1. The van der Waals surface area contributed by atoms with Gasteiger partial charge in [-0.25, -0.2) is 17.8 Å². The fraction of sp³-hybridized carbons (Fsp3) is 0.111. The normalized spacial score (nSPS) is 11.3. The Morgan fingerprint density at radius 2 is 1.77 bits per heavy atom. The van der Waals surface area contributed by atoms with E-state index in [1.165, 1.54) is 47.7 Å². The molecule has 0 saturated heterocycles. The van der Waals surface area contributed by atoms with E-state index >= 15 is 0 Å². The predicted octanol–water partition coefficient (Wildman–Crippen LogP) is 4.00. The number of anilines is 1. The zero-order valence-corrected chi connectivity index (χ0v) is 15.4. The van der Waals surface area contributed by atoms with E-state index in [2.05, 4.69) is 10.3 Å². The third kappa shape index (κ3) is 3.97. The van der Waals surface area contributed by atoms with Crippen LogP contribution in [0.3, 0.4) is 0 Å². The molecule has 1 N–H and O–H groups in total. The van der Waals surface area contributed by atoms with Crippen molar-refractivity contribution in [3.63, 3.8) is 0 Å². The molecule has 1 heterocycles. The molecule has 2 aromatic carbocycles. The molecule has 134 valence electrons. The number of sulfone groups is 1. The number of aromatic nitrogens is 1. The highest BCUT2D eigenvalue weighted by Gasteiger charge is 2.14. The molecule has 0 aliphatic carbocycles. The molecule has 5 nitrogen and oxygen atoms in total. The number of carbonyl (C=O) groups is 1. The topological polar surface area (TPSA) is 76.1 Å². The van der Waals surface area contributed by atoms with Gasteiger partial charge in [0.2, 0.25) is 0 Å². The minimum absolute atomic E-state index is 0.00379. The lowest BCUT2D eigenvalue weighted by atomic mass is 10.2. The van der Waals surface area contributed by atoms with Gasteiger partial charge in [0, 0.05) is 16.5 Å². The fourth-order valence-corrected chi connectivity index (χ4v) is 3.83. The molecular formula is C18H15FN2O3S2.